The van der Waals surface area contributed by atoms with E-state index in [1.54, 1.807) is 33.3 Å². The van der Waals surface area contributed by atoms with E-state index in [0.717, 1.165) is 5.56 Å². The van der Waals surface area contributed by atoms with Gasteiger partial charge in [0.05, 0.1) is 30.4 Å². The van der Waals surface area contributed by atoms with Crippen molar-refractivity contribution in [1.82, 2.24) is 9.80 Å². The fourth-order valence-corrected chi connectivity index (χ4v) is 4.71. The van der Waals surface area contributed by atoms with E-state index in [1.165, 1.54) is 17.0 Å². The van der Waals surface area contributed by atoms with Crippen molar-refractivity contribution in [3.63, 3.8) is 0 Å². The van der Waals surface area contributed by atoms with Crippen LogP contribution in [-0.4, -0.2) is 62.1 Å². The number of carbonyl (C=O) groups is 1. The molecule has 0 radical (unpaired) electrons. The fourth-order valence-electron chi connectivity index (χ4n) is 4.71. The van der Waals surface area contributed by atoms with E-state index in [-0.39, 0.29) is 49.1 Å². The van der Waals surface area contributed by atoms with Crippen LogP contribution in [0.4, 0.5) is 30.7 Å². The number of hydrogen-bond acceptors (Lipinski definition) is 3. The summed E-state index contributed by atoms with van der Waals surface area (Å²) in [5.41, 5.74) is -2.09. The molecule has 0 aromatic heterocycles. The molecule has 2 aromatic rings. The molecule has 0 saturated heterocycles. The second-order valence-electron chi connectivity index (χ2n) is 9.50. The Morgan fingerprint density at radius 2 is 1.49 bits per heavy atom. The number of alkyl halides is 6. The molecule has 11 heteroatoms. The summed E-state index contributed by atoms with van der Waals surface area (Å²) in [6.07, 6.45) is -9.20. The number of carbonyl (C=O) groups excluding carboxylic acids is 1. The third-order valence-corrected chi connectivity index (χ3v) is 6.64. The maximum atomic E-state index is 13.6. The summed E-state index contributed by atoms with van der Waals surface area (Å²) >= 11 is 0. The van der Waals surface area contributed by atoms with Crippen LogP contribution in [0, 0.1) is 5.82 Å². The predicted octanol–water partition coefficient (Wildman–Crippen LogP) is 5.76. The van der Waals surface area contributed by atoms with Crippen LogP contribution in [0.15, 0.2) is 42.5 Å². The first kappa shape index (κ1) is 28.9. The van der Waals surface area contributed by atoms with Gasteiger partial charge in [-0.1, -0.05) is 12.1 Å². The zero-order valence-corrected chi connectivity index (χ0v) is 20.7. The lowest BCUT2D eigenvalue weighted by Gasteiger charge is -2.32. The van der Waals surface area contributed by atoms with Crippen LogP contribution in [0.1, 0.15) is 41.0 Å². The van der Waals surface area contributed by atoms with Crippen LogP contribution in [0.2, 0.25) is 0 Å². The Hall–Kier alpha value is -2.66. The molecule has 1 aliphatic carbocycles. The molecule has 4 nitrogen and oxygen atoms in total. The van der Waals surface area contributed by atoms with E-state index in [0.29, 0.717) is 25.0 Å². The van der Waals surface area contributed by atoms with E-state index < -0.39 is 35.4 Å². The largest absolute Gasteiger partial charge is 0.416 e. The summed E-state index contributed by atoms with van der Waals surface area (Å²) in [6, 6.07) is 7.24. The molecule has 2 aromatic carbocycles. The van der Waals surface area contributed by atoms with Gasteiger partial charge in [0.15, 0.2) is 0 Å². The first-order chi connectivity index (χ1) is 17.2. The molecular weight excluding hydrogens is 505 g/mol. The van der Waals surface area contributed by atoms with Gasteiger partial charge >= 0.3 is 12.4 Å². The van der Waals surface area contributed by atoms with Crippen molar-refractivity contribution in [3.8, 4) is 0 Å². The van der Waals surface area contributed by atoms with Gasteiger partial charge in [0, 0.05) is 26.1 Å². The molecule has 0 spiro atoms. The van der Waals surface area contributed by atoms with Crippen molar-refractivity contribution in [1.29, 1.82) is 0 Å². The Balaban J connectivity index is 1.78. The van der Waals surface area contributed by atoms with Crippen molar-refractivity contribution in [3.05, 3.63) is 70.5 Å². The molecule has 0 heterocycles. The second kappa shape index (κ2) is 11.4. The highest BCUT2D eigenvalue weighted by Crippen LogP contribution is 2.40. The van der Waals surface area contributed by atoms with Gasteiger partial charge < -0.3 is 9.64 Å². The molecular formula is C26H29F7N2O2. The van der Waals surface area contributed by atoms with Crippen LogP contribution >= 0.6 is 0 Å². The number of rotatable bonds is 8. The number of amides is 1. The molecule has 0 N–H and O–H groups in total. The Bertz CT molecular complexity index is 1040. The number of benzene rings is 2. The lowest BCUT2D eigenvalue weighted by atomic mass is 9.91. The Morgan fingerprint density at radius 1 is 0.919 bits per heavy atom. The topological polar surface area (TPSA) is 32.8 Å². The SMILES string of the molecule is CN(C)C(=O)CN(C)C1CCC(OCCc2cc(C(F)(F)F)cc(C(F)(F)F)c2)C1c1ccc(F)cc1. The average Bonchev–Trinajstić information content (AvgIpc) is 3.22. The first-order valence-electron chi connectivity index (χ1n) is 11.7. The van der Waals surface area contributed by atoms with E-state index in [2.05, 4.69) is 0 Å². The lowest BCUT2D eigenvalue weighted by molar-refractivity contribution is -0.143. The summed E-state index contributed by atoms with van der Waals surface area (Å²) in [5, 5.41) is 0. The maximum Gasteiger partial charge on any atom is 0.416 e. The minimum absolute atomic E-state index is 0.0986. The van der Waals surface area contributed by atoms with E-state index in [4.69, 9.17) is 4.74 Å². The van der Waals surface area contributed by atoms with Gasteiger partial charge in [0.2, 0.25) is 5.91 Å². The van der Waals surface area contributed by atoms with Crippen molar-refractivity contribution in [2.24, 2.45) is 0 Å². The molecule has 3 unspecified atom stereocenters. The standard InChI is InChI=1S/C26H29F7N2O2/c1-34(2)23(36)15-35(3)21-8-9-22(24(21)17-4-6-20(27)7-5-17)37-11-10-16-12-18(25(28,29)30)14-19(13-16)26(31,32)33/h4-7,12-14,21-22,24H,8-11,15H2,1-3H3. The third-order valence-electron chi connectivity index (χ3n) is 6.64. The van der Waals surface area contributed by atoms with Gasteiger partial charge in [-0.05, 0) is 67.8 Å². The number of nitrogens with zero attached hydrogens (tertiary/aromatic N) is 2. The summed E-state index contributed by atoms with van der Waals surface area (Å²) in [5.74, 6) is -0.792. The Labute approximate surface area is 211 Å². The van der Waals surface area contributed by atoms with E-state index in [9.17, 15) is 35.5 Å². The minimum atomic E-state index is -4.92. The van der Waals surface area contributed by atoms with Crippen LogP contribution in [0.3, 0.4) is 0 Å². The molecule has 204 valence electrons. The number of ether oxygens (including phenoxy) is 1. The van der Waals surface area contributed by atoms with Gasteiger partial charge in [0.25, 0.3) is 0 Å². The molecule has 1 saturated carbocycles. The smallest absolute Gasteiger partial charge is 0.377 e. The maximum absolute atomic E-state index is 13.6. The van der Waals surface area contributed by atoms with Gasteiger partial charge in [0.1, 0.15) is 5.82 Å². The molecule has 0 bridgehead atoms. The zero-order chi connectivity index (χ0) is 27.5. The summed E-state index contributed by atoms with van der Waals surface area (Å²) < 4.78 is 98.6. The van der Waals surface area contributed by atoms with Gasteiger partial charge in [-0.25, -0.2) is 4.39 Å². The number of hydrogen-bond donors (Lipinski definition) is 0. The van der Waals surface area contributed by atoms with Gasteiger partial charge in [-0.3, -0.25) is 9.69 Å². The highest BCUT2D eigenvalue weighted by molar-refractivity contribution is 5.77. The highest BCUT2D eigenvalue weighted by Gasteiger charge is 2.41. The lowest BCUT2D eigenvalue weighted by Crippen LogP contribution is -2.42. The minimum Gasteiger partial charge on any atom is -0.377 e. The molecule has 1 aliphatic rings. The molecule has 0 aliphatic heterocycles. The fraction of sp³-hybridized carbons (Fsp3) is 0.500. The Kier molecular flexibility index (Phi) is 8.89. The average molecular weight is 535 g/mol. The molecule has 3 rings (SSSR count). The monoisotopic (exact) mass is 534 g/mol. The molecule has 1 fully saturated rings. The second-order valence-corrected chi connectivity index (χ2v) is 9.50. The van der Waals surface area contributed by atoms with Crippen LogP contribution < -0.4 is 0 Å². The normalized spacial score (nSPS) is 20.5. The number of halogens is 7. The van der Waals surface area contributed by atoms with Crippen LogP contribution in [-0.2, 0) is 28.3 Å². The van der Waals surface area contributed by atoms with Crippen LogP contribution in [0.25, 0.3) is 0 Å². The molecule has 3 atom stereocenters. The highest BCUT2D eigenvalue weighted by atomic mass is 19.4. The van der Waals surface area contributed by atoms with Crippen molar-refractivity contribution in [2.75, 3.05) is 34.3 Å². The van der Waals surface area contributed by atoms with Crippen molar-refractivity contribution >= 4 is 5.91 Å². The molecule has 1 amide bonds. The van der Waals surface area contributed by atoms with Crippen molar-refractivity contribution in [2.45, 2.75) is 49.7 Å². The quantitative estimate of drug-likeness (QED) is 0.404. The molecule has 37 heavy (non-hydrogen) atoms. The summed E-state index contributed by atoms with van der Waals surface area (Å²) in [7, 11) is 5.09. The van der Waals surface area contributed by atoms with Crippen LogP contribution in [0.5, 0.6) is 0 Å². The summed E-state index contributed by atoms with van der Waals surface area (Å²) in [6.45, 7) is 0.0422. The van der Waals surface area contributed by atoms with Gasteiger partial charge in [-0.2, -0.15) is 26.3 Å². The number of likely N-dealkylation sites (N-methyl/N-ethyl adjacent to an activating group) is 2. The van der Waals surface area contributed by atoms with E-state index >= 15 is 0 Å². The third kappa shape index (κ3) is 7.44. The zero-order valence-electron chi connectivity index (χ0n) is 20.7. The van der Waals surface area contributed by atoms with E-state index in [1.807, 2.05) is 4.90 Å². The summed E-state index contributed by atoms with van der Waals surface area (Å²) in [4.78, 5) is 15.6. The van der Waals surface area contributed by atoms with Gasteiger partial charge in [-0.15, -0.1) is 0 Å². The first-order valence-corrected chi connectivity index (χ1v) is 11.7. The van der Waals surface area contributed by atoms with Crippen molar-refractivity contribution < 1.29 is 40.3 Å². The Morgan fingerprint density at radius 3 is 2.00 bits per heavy atom. The predicted molar refractivity (Wildman–Crippen MR) is 123 cm³/mol.